The maximum atomic E-state index is 12.5. The Balaban J connectivity index is 1.37. The van der Waals surface area contributed by atoms with Gasteiger partial charge in [0.15, 0.2) is 5.16 Å². The van der Waals surface area contributed by atoms with Crippen LogP contribution in [0.25, 0.3) is 11.0 Å². The van der Waals surface area contributed by atoms with Crippen molar-refractivity contribution in [2.45, 2.75) is 50.4 Å². The lowest BCUT2D eigenvalue weighted by atomic mass is 9.84. The van der Waals surface area contributed by atoms with Gasteiger partial charge in [-0.3, -0.25) is 4.79 Å². The number of para-hydroxylation sites is 2. The van der Waals surface area contributed by atoms with E-state index in [1.165, 1.54) is 37.4 Å². The second-order valence-corrected chi connectivity index (χ2v) is 8.95. The Morgan fingerprint density at radius 1 is 1.37 bits per heavy atom. The van der Waals surface area contributed by atoms with Crippen LogP contribution in [0.2, 0.25) is 0 Å². The fraction of sp³-hybridized carbons (Fsp3) is 0.619. The number of hydrogen-bond donors (Lipinski definition) is 1. The van der Waals surface area contributed by atoms with Crippen molar-refractivity contribution in [3.05, 3.63) is 24.3 Å². The van der Waals surface area contributed by atoms with Gasteiger partial charge in [0.25, 0.3) is 0 Å². The second-order valence-electron chi connectivity index (χ2n) is 8.01. The fourth-order valence-corrected chi connectivity index (χ4v) is 5.85. The molecule has 0 radical (unpaired) electrons. The minimum atomic E-state index is 0.112. The van der Waals surface area contributed by atoms with Crippen LogP contribution in [-0.4, -0.2) is 41.0 Å². The molecule has 27 heavy (non-hydrogen) atoms. The zero-order valence-electron chi connectivity index (χ0n) is 16.2. The number of aromatic nitrogens is 2. The van der Waals surface area contributed by atoms with E-state index in [0.29, 0.717) is 18.3 Å². The third kappa shape index (κ3) is 4.02. The van der Waals surface area contributed by atoms with E-state index < -0.39 is 0 Å². The van der Waals surface area contributed by atoms with Crippen molar-refractivity contribution in [3.63, 3.8) is 0 Å². The standard InChI is InChI=1S/C21H29N3O2S/c1-14(17-12-15-7-8-16(17)11-15)22-20(25)13-27-21-23-18-5-3-4-6-19(18)24(21)9-10-26-2/h3-6,14-17H,7-13H2,1-2H3,(H,22,25)/t14-,15+,16+,17+/m1/s1. The molecule has 2 aliphatic carbocycles. The van der Waals surface area contributed by atoms with Gasteiger partial charge in [0.2, 0.25) is 5.91 Å². The molecule has 1 amide bonds. The summed E-state index contributed by atoms with van der Waals surface area (Å²) in [6.07, 6.45) is 5.43. The Labute approximate surface area is 165 Å². The van der Waals surface area contributed by atoms with Crippen molar-refractivity contribution in [2.75, 3.05) is 19.5 Å². The topological polar surface area (TPSA) is 56.1 Å². The van der Waals surface area contributed by atoms with E-state index in [-0.39, 0.29) is 11.9 Å². The van der Waals surface area contributed by atoms with Gasteiger partial charge in [0.1, 0.15) is 0 Å². The number of nitrogens with zero attached hydrogens (tertiary/aromatic N) is 2. The van der Waals surface area contributed by atoms with E-state index in [1.807, 2.05) is 18.2 Å². The van der Waals surface area contributed by atoms with E-state index in [4.69, 9.17) is 9.72 Å². The van der Waals surface area contributed by atoms with Crippen molar-refractivity contribution in [1.82, 2.24) is 14.9 Å². The highest BCUT2D eigenvalue weighted by Crippen LogP contribution is 2.49. The third-order valence-electron chi connectivity index (χ3n) is 6.29. The lowest BCUT2D eigenvalue weighted by molar-refractivity contribution is -0.119. The van der Waals surface area contributed by atoms with E-state index in [9.17, 15) is 4.79 Å². The molecule has 2 fully saturated rings. The van der Waals surface area contributed by atoms with Crippen LogP contribution < -0.4 is 5.32 Å². The second kappa shape index (κ2) is 8.23. The summed E-state index contributed by atoms with van der Waals surface area (Å²) in [5.41, 5.74) is 2.06. The van der Waals surface area contributed by atoms with Gasteiger partial charge < -0.3 is 14.6 Å². The van der Waals surface area contributed by atoms with Gasteiger partial charge in [-0.1, -0.05) is 30.3 Å². The summed E-state index contributed by atoms with van der Waals surface area (Å²) in [4.78, 5) is 17.3. The summed E-state index contributed by atoms with van der Waals surface area (Å²) in [5, 5.41) is 4.14. The lowest BCUT2D eigenvalue weighted by Crippen LogP contribution is -2.40. The Kier molecular flexibility index (Phi) is 5.74. The molecule has 2 bridgehead atoms. The summed E-state index contributed by atoms with van der Waals surface area (Å²) in [7, 11) is 1.70. The summed E-state index contributed by atoms with van der Waals surface area (Å²) < 4.78 is 7.39. The first-order chi connectivity index (χ1) is 13.2. The SMILES string of the molecule is COCCn1c(SCC(=O)N[C@H](C)[C@@H]2C[C@H]3CC[C@H]2C3)nc2ccccc21. The first-order valence-electron chi connectivity index (χ1n) is 10.0. The van der Waals surface area contributed by atoms with E-state index >= 15 is 0 Å². The average molecular weight is 388 g/mol. The van der Waals surface area contributed by atoms with Gasteiger partial charge in [-0.25, -0.2) is 4.98 Å². The van der Waals surface area contributed by atoms with Gasteiger partial charge >= 0.3 is 0 Å². The predicted octanol–water partition coefficient (Wildman–Crippen LogP) is 3.72. The normalized spacial score (nSPS) is 25.2. The molecule has 1 N–H and O–H groups in total. The summed E-state index contributed by atoms with van der Waals surface area (Å²) in [6, 6.07) is 8.37. The van der Waals surface area contributed by atoms with Gasteiger partial charge in [0, 0.05) is 19.7 Å². The number of fused-ring (bicyclic) bond motifs is 3. The molecular formula is C21H29N3O2S. The molecule has 2 aliphatic rings. The van der Waals surface area contributed by atoms with Crippen LogP contribution in [0, 0.1) is 17.8 Å². The zero-order chi connectivity index (χ0) is 18.8. The molecule has 2 aromatic rings. The van der Waals surface area contributed by atoms with Gasteiger partial charge in [-0.2, -0.15) is 0 Å². The number of carbonyl (C=O) groups excluding carboxylic acids is 1. The molecule has 2 saturated carbocycles. The van der Waals surface area contributed by atoms with Crippen molar-refractivity contribution in [3.8, 4) is 0 Å². The van der Waals surface area contributed by atoms with Crippen LogP contribution >= 0.6 is 11.8 Å². The molecule has 0 aliphatic heterocycles. The number of benzene rings is 1. The van der Waals surface area contributed by atoms with Crippen molar-refractivity contribution in [2.24, 2.45) is 17.8 Å². The number of amides is 1. The lowest BCUT2D eigenvalue weighted by Gasteiger charge is -2.28. The highest BCUT2D eigenvalue weighted by molar-refractivity contribution is 7.99. The molecule has 5 nitrogen and oxygen atoms in total. The summed E-state index contributed by atoms with van der Waals surface area (Å²) >= 11 is 1.52. The van der Waals surface area contributed by atoms with E-state index in [1.54, 1.807) is 7.11 Å². The smallest absolute Gasteiger partial charge is 0.230 e. The minimum absolute atomic E-state index is 0.112. The number of carbonyl (C=O) groups is 1. The largest absolute Gasteiger partial charge is 0.383 e. The van der Waals surface area contributed by atoms with Gasteiger partial charge in [-0.05, 0) is 56.1 Å². The molecule has 1 aromatic carbocycles. The summed E-state index contributed by atoms with van der Waals surface area (Å²) in [5.74, 6) is 2.93. The number of imidazole rings is 1. The molecule has 4 atom stereocenters. The first kappa shape index (κ1) is 18.8. The van der Waals surface area contributed by atoms with Crippen LogP contribution in [-0.2, 0) is 16.1 Å². The highest BCUT2D eigenvalue weighted by Gasteiger charge is 2.42. The number of methoxy groups -OCH3 is 1. The zero-order valence-corrected chi connectivity index (χ0v) is 17.0. The van der Waals surface area contributed by atoms with Crippen LogP contribution in [0.15, 0.2) is 29.4 Å². The molecular weight excluding hydrogens is 358 g/mol. The molecule has 0 spiro atoms. The maximum Gasteiger partial charge on any atom is 0.230 e. The number of rotatable bonds is 8. The molecule has 0 saturated heterocycles. The van der Waals surface area contributed by atoms with Crippen LogP contribution in [0.4, 0.5) is 0 Å². The molecule has 0 unspecified atom stereocenters. The fourth-order valence-electron chi connectivity index (χ4n) is 5.00. The number of thioether (sulfide) groups is 1. The first-order valence-corrected chi connectivity index (χ1v) is 11.0. The Bertz CT molecular complexity index is 806. The van der Waals surface area contributed by atoms with Crippen molar-refractivity contribution < 1.29 is 9.53 Å². The monoisotopic (exact) mass is 387 g/mol. The van der Waals surface area contributed by atoms with E-state index in [2.05, 4.69) is 22.9 Å². The molecule has 1 aromatic heterocycles. The maximum absolute atomic E-state index is 12.5. The summed E-state index contributed by atoms with van der Waals surface area (Å²) in [6.45, 7) is 3.55. The Morgan fingerprint density at radius 3 is 2.96 bits per heavy atom. The molecule has 6 heteroatoms. The highest BCUT2D eigenvalue weighted by atomic mass is 32.2. The number of nitrogens with one attached hydrogen (secondary N) is 1. The molecule has 146 valence electrons. The van der Waals surface area contributed by atoms with Crippen molar-refractivity contribution >= 4 is 28.7 Å². The molecule has 4 rings (SSSR count). The quantitative estimate of drug-likeness (QED) is 0.702. The van der Waals surface area contributed by atoms with Crippen molar-refractivity contribution in [1.29, 1.82) is 0 Å². The average Bonchev–Trinajstić information content (AvgIpc) is 3.38. The van der Waals surface area contributed by atoms with Crippen LogP contribution in [0.1, 0.15) is 32.6 Å². The predicted molar refractivity (Wildman–Crippen MR) is 109 cm³/mol. The molecule has 1 heterocycles. The van der Waals surface area contributed by atoms with Crippen LogP contribution in [0.5, 0.6) is 0 Å². The number of hydrogen-bond acceptors (Lipinski definition) is 4. The third-order valence-corrected chi connectivity index (χ3v) is 7.27. The number of ether oxygens (including phenoxy) is 1. The minimum Gasteiger partial charge on any atom is -0.383 e. The Hall–Kier alpha value is -1.53. The van der Waals surface area contributed by atoms with E-state index in [0.717, 1.165) is 34.6 Å². The van der Waals surface area contributed by atoms with Gasteiger partial charge in [-0.15, -0.1) is 0 Å². The Morgan fingerprint density at radius 2 is 2.22 bits per heavy atom. The van der Waals surface area contributed by atoms with Gasteiger partial charge in [0.05, 0.1) is 23.4 Å². The van der Waals surface area contributed by atoms with Crippen LogP contribution in [0.3, 0.4) is 0 Å².